The van der Waals surface area contributed by atoms with Crippen molar-refractivity contribution in [2.24, 2.45) is 0 Å². The lowest BCUT2D eigenvalue weighted by molar-refractivity contribution is 1.16. The van der Waals surface area contributed by atoms with Gasteiger partial charge >= 0.3 is 0 Å². The number of hydrogen-bond donors (Lipinski definition) is 0. The first-order chi connectivity index (χ1) is 9.93. The average Bonchev–Trinajstić information content (AvgIpc) is 2.55. The molecule has 0 aromatic heterocycles. The number of nitrogens with zero attached hydrogens (tertiary/aromatic N) is 1. The van der Waals surface area contributed by atoms with E-state index in [0.29, 0.717) is 0 Å². The Hall–Kier alpha value is -2.54. The molecule has 2 aromatic rings. The standard InChI is InChI=1S/C19H15N/c1-2-9-16(10-3-1)20-14-15-8-4-5-11-17(15)18-12-6-7-13-19(18)20/h1-11,13-14H,12H2. The molecule has 1 nitrogen and oxygen atoms in total. The lowest BCUT2D eigenvalue weighted by Crippen LogP contribution is -2.37. The molecule has 0 radical (unpaired) electrons. The van der Waals surface area contributed by atoms with E-state index in [1.807, 2.05) is 0 Å². The van der Waals surface area contributed by atoms with Gasteiger partial charge in [-0.25, -0.2) is 0 Å². The zero-order chi connectivity index (χ0) is 13.4. The third-order valence-electron chi connectivity index (χ3n) is 3.87. The van der Waals surface area contributed by atoms with Gasteiger partial charge in [0.2, 0.25) is 0 Å². The number of fused-ring (bicyclic) bond motifs is 2. The van der Waals surface area contributed by atoms with Crippen LogP contribution in [0.1, 0.15) is 6.42 Å². The summed E-state index contributed by atoms with van der Waals surface area (Å²) in [4.78, 5) is 2.29. The molecule has 0 saturated heterocycles. The molecule has 1 heterocycles. The average molecular weight is 257 g/mol. The molecule has 1 aliphatic heterocycles. The van der Waals surface area contributed by atoms with Crippen LogP contribution in [0.2, 0.25) is 0 Å². The predicted octanol–water partition coefficient (Wildman–Crippen LogP) is 2.94. The van der Waals surface area contributed by atoms with Crippen molar-refractivity contribution in [1.29, 1.82) is 0 Å². The highest BCUT2D eigenvalue weighted by Crippen LogP contribution is 2.29. The third-order valence-corrected chi connectivity index (χ3v) is 3.87. The summed E-state index contributed by atoms with van der Waals surface area (Å²) in [5.41, 5.74) is 3.91. The molecule has 0 bridgehead atoms. The Kier molecular flexibility index (Phi) is 2.56. The second-order valence-corrected chi connectivity index (χ2v) is 5.08. The highest BCUT2D eigenvalue weighted by molar-refractivity contribution is 5.82. The molecule has 1 aliphatic carbocycles. The van der Waals surface area contributed by atoms with Crippen LogP contribution in [-0.2, 0) is 0 Å². The monoisotopic (exact) mass is 257 g/mol. The van der Waals surface area contributed by atoms with Crippen molar-refractivity contribution >= 4 is 17.5 Å². The number of benzene rings is 2. The molecule has 2 aliphatic rings. The molecule has 1 heteroatoms. The van der Waals surface area contributed by atoms with Gasteiger partial charge in [-0.1, -0.05) is 54.6 Å². The highest BCUT2D eigenvalue weighted by atomic mass is 15.1. The molecule has 0 fully saturated rings. The van der Waals surface area contributed by atoms with Gasteiger partial charge in [-0.3, -0.25) is 0 Å². The van der Waals surface area contributed by atoms with Gasteiger partial charge in [-0.2, -0.15) is 0 Å². The maximum absolute atomic E-state index is 2.29. The van der Waals surface area contributed by atoms with Crippen LogP contribution in [0.15, 0.2) is 78.5 Å². The van der Waals surface area contributed by atoms with Gasteiger partial charge in [0.1, 0.15) is 0 Å². The van der Waals surface area contributed by atoms with Crippen LogP contribution in [0.25, 0.3) is 11.8 Å². The second-order valence-electron chi connectivity index (χ2n) is 5.08. The Morgan fingerprint density at radius 1 is 0.850 bits per heavy atom. The van der Waals surface area contributed by atoms with E-state index in [4.69, 9.17) is 0 Å². The molecule has 0 spiro atoms. The lowest BCUT2D eigenvalue weighted by Gasteiger charge is -2.29. The number of anilines is 1. The van der Waals surface area contributed by atoms with Crippen molar-refractivity contribution in [2.45, 2.75) is 6.42 Å². The number of rotatable bonds is 1. The van der Waals surface area contributed by atoms with E-state index in [1.165, 1.54) is 27.4 Å². The second kappa shape index (κ2) is 4.53. The summed E-state index contributed by atoms with van der Waals surface area (Å²) in [6, 6.07) is 19.2. The molecule has 2 aromatic carbocycles. The van der Waals surface area contributed by atoms with Crippen molar-refractivity contribution in [1.82, 2.24) is 0 Å². The summed E-state index contributed by atoms with van der Waals surface area (Å²) in [5, 5.41) is 2.65. The van der Waals surface area contributed by atoms with Crippen LogP contribution in [-0.4, -0.2) is 0 Å². The van der Waals surface area contributed by atoms with Crippen LogP contribution >= 0.6 is 0 Å². The largest absolute Gasteiger partial charge is 0.316 e. The van der Waals surface area contributed by atoms with Gasteiger partial charge in [0.15, 0.2) is 0 Å². The molecule has 96 valence electrons. The maximum Gasteiger partial charge on any atom is 0.0496 e. The maximum atomic E-state index is 2.29. The normalized spacial score (nSPS) is 16.1. The fourth-order valence-corrected chi connectivity index (χ4v) is 2.92. The number of hydrogen-bond acceptors (Lipinski definition) is 1. The summed E-state index contributed by atoms with van der Waals surface area (Å²) >= 11 is 0. The van der Waals surface area contributed by atoms with E-state index in [2.05, 4.69) is 83.9 Å². The Balaban J connectivity index is 2.02. The Morgan fingerprint density at radius 2 is 1.65 bits per heavy atom. The van der Waals surface area contributed by atoms with E-state index in [0.717, 1.165) is 6.42 Å². The zero-order valence-corrected chi connectivity index (χ0v) is 11.2. The third kappa shape index (κ3) is 1.71. The van der Waals surface area contributed by atoms with Crippen LogP contribution in [0.5, 0.6) is 0 Å². The van der Waals surface area contributed by atoms with Crippen molar-refractivity contribution in [2.75, 3.05) is 4.90 Å². The van der Waals surface area contributed by atoms with Crippen molar-refractivity contribution in [3.63, 3.8) is 0 Å². The highest BCUT2D eigenvalue weighted by Gasteiger charge is 2.19. The first-order valence-corrected chi connectivity index (χ1v) is 6.95. The first-order valence-electron chi connectivity index (χ1n) is 6.95. The topological polar surface area (TPSA) is 3.24 Å². The van der Waals surface area contributed by atoms with Gasteiger partial charge in [0.25, 0.3) is 0 Å². The van der Waals surface area contributed by atoms with Crippen molar-refractivity contribution < 1.29 is 0 Å². The van der Waals surface area contributed by atoms with Crippen molar-refractivity contribution in [3.05, 3.63) is 89.0 Å². The molecular formula is C19H15N. The minimum atomic E-state index is 1.00. The van der Waals surface area contributed by atoms with Crippen LogP contribution < -0.4 is 15.3 Å². The van der Waals surface area contributed by atoms with Gasteiger partial charge in [0, 0.05) is 17.6 Å². The number of allylic oxidation sites excluding steroid dienone is 4. The smallest absolute Gasteiger partial charge is 0.0496 e. The number of para-hydroxylation sites is 1. The van der Waals surface area contributed by atoms with Crippen LogP contribution in [0.3, 0.4) is 0 Å². The predicted molar refractivity (Wildman–Crippen MR) is 84.3 cm³/mol. The van der Waals surface area contributed by atoms with Crippen LogP contribution in [0, 0.1) is 0 Å². The Morgan fingerprint density at radius 3 is 2.55 bits per heavy atom. The van der Waals surface area contributed by atoms with E-state index in [9.17, 15) is 0 Å². The summed E-state index contributed by atoms with van der Waals surface area (Å²) < 4.78 is 0. The fourth-order valence-electron chi connectivity index (χ4n) is 2.92. The zero-order valence-electron chi connectivity index (χ0n) is 11.2. The van der Waals surface area contributed by atoms with E-state index in [-0.39, 0.29) is 0 Å². The summed E-state index contributed by atoms with van der Waals surface area (Å²) in [6.07, 6.45) is 9.82. The quantitative estimate of drug-likeness (QED) is 0.759. The summed E-state index contributed by atoms with van der Waals surface area (Å²) in [5.74, 6) is 0. The van der Waals surface area contributed by atoms with E-state index < -0.39 is 0 Å². The summed E-state index contributed by atoms with van der Waals surface area (Å²) in [7, 11) is 0. The van der Waals surface area contributed by atoms with Crippen molar-refractivity contribution in [3.8, 4) is 0 Å². The molecule has 0 atom stereocenters. The fraction of sp³-hybridized carbons (Fsp3) is 0.0526. The molecule has 0 saturated carbocycles. The SMILES string of the molecule is C1=CCC2=c3ccccc3=CN(c3ccccc3)C2=C1. The molecule has 0 amide bonds. The first kappa shape index (κ1) is 11.3. The van der Waals surface area contributed by atoms with Crippen LogP contribution in [0.4, 0.5) is 5.69 Å². The molecular weight excluding hydrogens is 242 g/mol. The Labute approximate surface area is 118 Å². The molecule has 20 heavy (non-hydrogen) atoms. The van der Waals surface area contributed by atoms with Gasteiger partial charge < -0.3 is 4.90 Å². The molecule has 4 rings (SSSR count). The Bertz CT molecular complexity index is 826. The minimum absolute atomic E-state index is 1.00. The lowest BCUT2D eigenvalue weighted by atomic mass is 9.96. The van der Waals surface area contributed by atoms with Gasteiger partial charge in [-0.15, -0.1) is 0 Å². The van der Waals surface area contributed by atoms with Gasteiger partial charge in [-0.05, 0) is 40.6 Å². The van der Waals surface area contributed by atoms with E-state index >= 15 is 0 Å². The molecule has 0 N–H and O–H groups in total. The minimum Gasteiger partial charge on any atom is -0.316 e. The molecule has 0 unspecified atom stereocenters. The summed E-state index contributed by atoms with van der Waals surface area (Å²) in [6.45, 7) is 0. The van der Waals surface area contributed by atoms with Gasteiger partial charge in [0.05, 0.1) is 0 Å². The van der Waals surface area contributed by atoms with E-state index in [1.54, 1.807) is 0 Å².